The maximum Gasteiger partial charge on any atom is 0.268 e. The molecule has 3 rings (SSSR count). The molecule has 1 aliphatic heterocycles. The number of hydrogen-bond donors (Lipinski definition) is 1. The number of nitrogen functional groups attached to an aromatic ring is 1. The number of hydrogen-bond acceptors (Lipinski definition) is 3. The van der Waals surface area contributed by atoms with E-state index >= 15 is 0 Å². The summed E-state index contributed by atoms with van der Waals surface area (Å²) in [5.41, 5.74) is 8.63. The van der Waals surface area contributed by atoms with Gasteiger partial charge in [0.05, 0.1) is 5.69 Å². The second kappa shape index (κ2) is 6.35. The first-order chi connectivity index (χ1) is 11.4. The molecule has 1 atom stereocenters. The first kappa shape index (κ1) is 16.1. The van der Waals surface area contributed by atoms with Crippen LogP contribution in [-0.2, 0) is 11.2 Å². The fraction of sp³-hybridized carbons (Fsp3) is 0.211. The van der Waals surface area contributed by atoms with Gasteiger partial charge in [-0.05, 0) is 36.8 Å². The van der Waals surface area contributed by atoms with Gasteiger partial charge < -0.3 is 15.4 Å². The highest BCUT2D eigenvalue weighted by Crippen LogP contribution is 2.36. The van der Waals surface area contributed by atoms with E-state index in [-0.39, 0.29) is 18.1 Å². The summed E-state index contributed by atoms with van der Waals surface area (Å²) < 4.78 is 19.3. The smallest absolute Gasteiger partial charge is 0.268 e. The second-order valence-electron chi connectivity index (χ2n) is 6.05. The van der Waals surface area contributed by atoms with Crippen molar-refractivity contribution in [1.29, 1.82) is 0 Å². The molecule has 124 valence electrons. The van der Waals surface area contributed by atoms with E-state index in [0.29, 0.717) is 29.2 Å². The molecule has 0 saturated heterocycles. The molecule has 2 aromatic carbocycles. The fourth-order valence-electron chi connectivity index (χ4n) is 2.78. The molecule has 0 spiro atoms. The molecule has 1 heterocycles. The topological polar surface area (TPSA) is 55.6 Å². The molecule has 24 heavy (non-hydrogen) atoms. The zero-order chi connectivity index (χ0) is 17.3. The monoisotopic (exact) mass is 326 g/mol. The molecule has 0 aromatic heterocycles. The molecule has 1 amide bonds. The van der Waals surface area contributed by atoms with Crippen molar-refractivity contribution in [1.82, 2.24) is 0 Å². The van der Waals surface area contributed by atoms with Crippen LogP contribution in [-0.4, -0.2) is 18.6 Å². The van der Waals surface area contributed by atoms with Gasteiger partial charge in [0.25, 0.3) is 5.91 Å². The summed E-state index contributed by atoms with van der Waals surface area (Å²) in [7, 11) is 0. The Kier molecular flexibility index (Phi) is 4.25. The van der Waals surface area contributed by atoms with E-state index in [1.165, 1.54) is 12.1 Å². The van der Waals surface area contributed by atoms with Crippen molar-refractivity contribution in [2.45, 2.75) is 19.4 Å². The Bertz CT molecular complexity index is 804. The van der Waals surface area contributed by atoms with Gasteiger partial charge in [0, 0.05) is 24.7 Å². The molecule has 0 aliphatic carbocycles. The number of nitrogens with zero attached hydrogens (tertiary/aromatic N) is 1. The highest BCUT2D eigenvalue weighted by molar-refractivity contribution is 6.00. The van der Waals surface area contributed by atoms with Crippen LogP contribution < -0.4 is 15.4 Å². The van der Waals surface area contributed by atoms with Gasteiger partial charge in [0.2, 0.25) is 0 Å². The third kappa shape index (κ3) is 3.25. The molecule has 0 fully saturated rings. The van der Waals surface area contributed by atoms with Crippen molar-refractivity contribution in [2.75, 3.05) is 17.2 Å². The molecule has 1 aliphatic rings. The van der Waals surface area contributed by atoms with Crippen LogP contribution in [0.5, 0.6) is 5.75 Å². The lowest BCUT2D eigenvalue weighted by Gasteiger charge is -2.34. The number of nitrogens with two attached hydrogens (primary N) is 1. The molecular weight excluding hydrogens is 307 g/mol. The average Bonchev–Trinajstić information content (AvgIpc) is 2.51. The Morgan fingerprint density at radius 2 is 2.12 bits per heavy atom. The molecule has 2 N–H and O–H groups in total. The van der Waals surface area contributed by atoms with Gasteiger partial charge in [-0.1, -0.05) is 24.3 Å². The van der Waals surface area contributed by atoms with Gasteiger partial charge in [0.15, 0.2) is 6.10 Å². The van der Waals surface area contributed by atoms with Crippen molar-refractivity contribution in [2.24, 2.45) is 0 Å². The van der Waals surface area contributed by atoms with Gasteiger partial charge in [0.1, 0.15) is 11.6 Å². The lowest BCUT2D eigenvalue weighted by atomic mass is 10.0. The number of benzene rings is 2. The molecule has 5 heteroatoms. The fourth-order valence-corrected chi connectivity index (χ4v) is 2.78. The molecule has 2 aromatic rings. The first-order valence-corrected chi connectivity index (χ1v) is 7.70. The standard InChI is InChI=1S/C19H19FN2O2/c1-12(2)11-22-16-7-6-15(21)10-17(16)24-18(19(22)23)9-13-4-3-5-14(20)8-13/h3-8,10,18H,1,9,11,21H2,2H3. The minimum Gasteiger partial charge on any atom is -0.478 e. The third-order valence-corrected chi connectivity index (χ3v) is 3.82. The molecule has 0 saturated carbocycles. The van der Waals surface area contributed by atoms with Crippen LogP contribution in [0.3, 0.4) is 0 Å². The van der Waals surface area contributed by atoms with Crippen LogP contribution in [0.25, 0.3) is 0 Å². The van der Waals surface area contributed by atoms with Crippen molar-refractivity contribution in [3.8, 4) is 5.75 Å². The predicted molar refractivity (Wildman–Crippen MR) is 92.5 cm³/mol. The van der Waals surface area contributed by atoms with Crippen LogP contribution in [0.4, 0.5) is 15.8 Å². The maximum absolute atomic E-state index is 13.4. The van der Waals surface area contributed by atoms with E-state index in [0.717, 1.165) is 5.57 Å². The van der Waals surface area contributed by atoms with E-state index in [1.54, 1.807) is 35.2 Å². The Hall–Kier alpha value is -2.82. The Morgan fingerprint density at radius 1 is 1.33 bits per heavy atom. The summed E-state index contributed by atoms with van der Waals surface area (Å²) in [5.74, 6) is 0.0518. The summed E-state index contributed by atoms with van der Waals surface area (Å²) in [6.45, 7) is 6.15. The SMILES string of the molecule is C=C(C)CN1C(=O)C(Cc2cccc(F)c2)Oc2cc(N)ccc21. The van der Waals surface area contributed by atoms with Crippen LogP contribution in [0.1, 0.15) is 12.5 Å². The molecule has 4 nitrogen and oxygen atoms in total. The number of halogens is 1. The Balaban J connectivity index is 1.94. The number of rotatable bonds is 4. The molecule has 0 radical (unpaired) electrons. The van der Waals surface area contributed by atoms with Crippen molar-refractivity contribution < 1.29 is 13.9 Å². The molecular formula is C19H19FN2O2. The Morgan fingerprint density at radius 3 is 2.83 bits per heavy atom. The van der Waals surface area contributed by atoms with Crippen molar-refractivity contribution in [3.05, 3.63) is 66.0 Å². The predicted octanol–water partition coefficient (Wildman–Crippen LogP) is 3.32. The first-order valence-electron chi connectivity index (χ1n) is 7.70. The van der Waals surface area contributed by atoms with Gasteiger partial charge in [-0.2, -0.15) is 0 Å². The lowest BCUT2D eigenvalue weighted by molar-refractivity contribution is -0.126. The van der Waals surface area contributed by atoms with E-state index in [2.05, 4.69) is 6.58 Å². The number of carbonyl (C=O) groups is 1. The van der Waals surface area contributed by atoms with Crippen LogP contribution in [0.15, 0.2) is 54.6 Å². The molecule has 0 bridgehead atoms. The quantitative estimate of drug-likeness (QED) is 0.693. The summed E-state index contributed by atoms with van der Waals surface area (Å²) in [5, 5.41) is 0. The second-order valence-corrected chi connectivity index (χ2v) is 6.05. The summed E-state index contributed by atoms with van der Waals surface area (Å²) in [6, 6.07) is 11.4. The van der Waals surface area contributed by atoms with E-state index in [1.807, 2.05) is 6.92 Å². The number of amides is 1. The van der Waals surface area contributed by atoms with Gasteiger partial charge in [-0.25, -0.2) is 4.39 Å². The van der Waals surface area contributed by atoms with Crippen LogP contribution in [0, 0.1) is 5.82 Å². The zero-order valence-electron chi connectivity index (χ0n) is 13.5. The van der Waals surface area contributed by atoms with Gasteiger partial charge >= 0.3 is 0 Å². The third-order valence-electron chi connectivity index (χ3n) is 3.82. The normalized spacial score (nSPS) is 16.5. The van der Waals surface area contributed by atoms with Crippen molar-refractivity contribution >= 4 is 17.3 Å². The minimum atomic E-state index is -0.722. The van der Waals surface area contributed by atoms with Crippen LogP contribution in [0.2, 0.25) is 0 Å². The highest BCUT2D eigenvalue weighted by Gasteiger charge is 2.34. The van der Waals surface area contributed by atoms with Gasteiger partial charge in [-0.15, -0.1) is 0 Å². The van der Waals surface area contributed by atoms with Crippen molar-refractivity contribution in [3.63, 3.8) is 0 Å². The highest BCUT2D eigenvalue weighted by atomic mass is 19.1. The summed E-state index contributed by atoms with van der Waals surface area (Å²) in [4.78, 5) is 14.5. The molecule has 1 unspecified atom stereocenters. The Labute approximate surface area is 140 Å². The maximum atomic E-state index is 13.4. The summed E-state index contributed by atoms with van der Waals surface area (Å²) >= 11 is 0. The van der Waals surface area contributed by atoms with Gasteiger partial charge in [-0.3, -0.25) is 4.79 Å². The summed E-state index contributed by atoms with van der Waals surface area (Å²) in [6.07, 6.45) is -0.433. The van der Waals surface area contributed by atoms with E-state index in [4.69, 9.17) is 10.5 Å². The minimum absolute atomic E-state index is 0.167. The number of anilines is 2. The lowest BCUT2D eigenvalue weighted by Crippen LogP contribution is -2.47. The number of fused-ring (bicyclic) bond motifs is 1. The van der Waals surface area contributed by atoms with E-state index in [9.17, 15) is 9.18 Å². The average molecular weight is 326 g/mol. The van der Waals surface area contributed by atoms with Crippen LogP contribution >= 0.6 is 0 Å². The largest absolute Gasteiger partial charge is 0.478 e. The van der Waals surface area contributed by atoms with E-state index < -0.39 is 6.10 Å². The number of carbonyl (C=O) groups excluding carboxylic acids is 1. The number of ether oxygens (including phenoxy) is 1. The zero-order valence-corrected chi connectivity index (χ0v) is 13.5.